The number of nitrogens with zero attached hydrogens (tertiary/aromatic N) is 2. The first-order valence-electron chi connectivity index (χ1n) is 4.16. The second-order valence-corrected chi connectivity index (χ2v) is 2.82. The van der Waals surface area contributed by atoms with Crippen LogP contribution < -0.4 is 4.74 Å². The molecule has 0 unspecified atom stereocenters. The van der Waals surface area contributed by atoms with E-state index < -0.39 is 0 Å². The average Bonchev–Trinajstić information content (AvgIpc) is 2.27. The summed E-state index contributed by atoms with van der Waals surface area (Å²) in [4.78, 5) is 7.58. The lowest BCUT2D eigenvalue weighted by molar-refractivity contribution is 0.402. The Balaban J connectivity index is 2.77. The van der Waals surface area contributed by atoms with Crippen LogP contribution in [0, 0.1) is 6.57 Å². The summed E-state index contributed by atoms with van der Waals surface area (Å²) in [7, 11) is 1.52. The van der Waals surface area contributed by atoms with Gasteiger partial charge in [0.1, 0.15) is 0 Å². The zero-order valence-electron chi connectivity index (χ0n) is 7.69. The Morgan fingerprint density at radius 2 is 2.14 bits per heavy atom. The van der Waals surface area contributed by atoms with Gasteiger partial charge in [0.2, 0.25) is 11.6 Å². The minimum Gasteiger partial charge on any atom is -0.490 e. The van der Waals surface area contributed by atoms with Crippen LogP contribution in [0.2, 0.25) is 0 Å². The second kappa shape index (κ2) is 3.35. The summed E-state index contributed by atoms with van der Waals surface area (Å²) < 4.78 is 5.02. The summed E-state index contributed by atoms with van der Waals surface area (Å²) in [5.41, 5.74) is 1.29. The Kier molecular flexibility index (Phi) is 2.04. The summed E-state index contributed by atoms with van der Waals surface area (Å²) in [5.74, 6) is 0.388. The van der Waals surface area contributed by atoms with Crippen molar-refractivity contribution < 1.29 is 4.74 Å². The third-order valence-corrected chi connectivity index (χ3v) is 1.98. The van der Waals surface area contributed by atoms with E-state index in [2.05, 4.69) is 9.83 Å². The number of para-hydroxylation sites is 1. The fraction of sp³-hybridized carbons (Fsp3) is 0.0909. The van der Waals surface area contributed by atoms with Crippen LogP contribution in [0.1, 0.15) is 0 Å². The molecule has 0 radical (unpaired) electrons. The van der Waals surface area contributed by atoms with Crippen molar-refractivity contribution >= 4 is 16.6 Å². The van der Waals surface area contributed by atoms with E-state index in [9.17, 15) is 0 Å². The van der Waals surface area contributed by atoms with Crippen LogP contribution in [0.4, 0.5) is 5.69 Å². The molecule has 0 bridgehead atoms. The third-order valence-electron chi connectivity index (χ3n) is 1.98. The number of fused-ring (bicyclic) bond motifs is 1. The minimum absolute atomic E-state index is 0.388. The molecule has 2 aromatic rings. The van der Waals surface area contributed by atoms with Gasteiger partial charge in [-0.2, -0.15) is 0 Å². The number of methoxy groups -OCH3 is 1. The molecule has 0 spiro atoms. The molecule has 1 aromatic carbocycles. The van der Waals surface area contributed by atoms with E-state index in [0.717, 1.165) is 10.9 Å². The maximum atomic E-state index is 6.97. The number of pyridine rings is 1. The molecule has 0 aliphatic carbocycles. The Hall–Kier alpha value is -2.08. The molecule has 2 rings (SSSR count). The van der Waals surface area contributed by atoms with Crippen molar-refractivity contribution in [3.8, 4) is 5.88 Å². The zero-order chi connectivity index (χ0) is 9.97. The van der Waals surface area contributed by atoms with Crippen LogP contribution in [0.15, 0.2) is 30.3 Å². The third kappa shape index (κ3) is 1.27. The molecule has 0 aliphatic rings. The van der Waals surface area contributed by atoms with Crippen molar-refractivity contribution in [3.63, 3.8) is 0 Å². The Bertz CT molecular complexity index is 514. The Morgan fingerprint density at radius 1 is 1.36 bits per heavy atom. The van der Waals surface area contributed by atoms with E-state index >= 15 is 0 Å². The highest BCUT2D eigenvalue weighted by molar-refractivity contribution is 5.83. The quantitative estimate of drug-likeness (QED) is 0.637. The van der Waals surface area contributed by atoms with Crippen molar-refractivity contribution in [2.24, 2.45) is 0 Å². The van der Waals surface area contributed by atoms with Crippen LogP contribution in [-0.4, -0.2) is 12.1 Å². The van der Waals surface area contributed by atoms with Crippen molar-refractivity contribution in [2.75, 3.05) is 7.11 Å². The van der Waals surface area contributed by atoms with Gasteiger partial charge >= 0.3 is 0 Å². The van der Waals surface area contributed by atoms with Gasteiger partial charge in [0, 0.05) is 0 Å². The topological polar surface area (TPSA) is 26.5 Å². The van der Waals surface area contributed by atoms with Crippen LogP contribution in [0.3, 0.4) is 0 Å². The van der Waals surface area contributed by atoms with Gasteiger partial charge in [-0.1, -0.05) is 18.2 Å². The van der Waals surface area contributed by atoms with Gasteiger partial charge in [0.15, 0.2) is 0 Å². The Labute approximate surface area is 81.8 Å². The van der Waals surface area contributed by atoms with Crippen molar-refractivity contribution in [3.05, 3.63) is 41.7 Å². The van der Waals surface area contributed by atoms with Gasteiger partial charge < -0.3 is 4.74 Å². The van der Waals surface area contributed by atoms with Crippen molar-refractivity contribution in [1.29, 1.82) is 0 Å². The summed E-state index contributed by atoms with van der Waals surface area (Å²) in [6.45, 7) is 6.97. The zero-order valence-corrected chi connectivity index (χ0v) is 7.69. The average molecular weight is 184 g/mol. The molecule has 0 saturated carbocycles. The molecule has 1 heterocycles. The van der Waals surface area contributed by atoms with Gasteiger partial charge in [0.05, 0.1) is 19.2 Å². The highest BCUT2D eigenvalue weighted by Crippen LogP contribution is 2.28. The molecule has 0 amide bonds. The Morgan fingerprint density at radius 3 is 2.86 bits per heavy atom. The number of aromatic nitrogens is 1. The molecule has 14 heavy (non-hydrogen) atoms. The monoisotopic (exact) mass is 184 g/mol. The van der Waals surface area contributed by atoms with E-state index in [4.69, 9.17) is 11.3 Å². The summed E-state index contributed by atoms with van der Waals surface area (Å²) in [6.07, 6.45) is 0. The highest BCUT2D eigenvalue weighted by Gasteiger charge is 2.05. The van der Waals surface area contributed by atoms with E-state index in [0.29, 0.717) is 11.6 Å². The van der Waals surface area contributed by atoms with Crippen LogP contribution in [0.5, 0.6) is 5.88 Å². The number of hydrogen-bond donors (Lipinski definition) is 0. The van der Waals surface area contributed by atoms with Crippen LogP contribution in [-0.2, 0) is 0 Å². The minimum atomic E-state index is 0.388. The summed E-state index contributed by atoms with van der Waals surface area (Å²) >= 11 is 0. The number of ether oxygens (including phenoxy) is 1. The normalized spacial score (nSPS) is 9.71. The predicted octanol–water partition coefficient (Wildman–Crippen LogP) is 2.79. The summed E-state index contributed by atoms with van der Waals surface area (Å²) in [6, 6.07) is 9.44. The molecular formula is C11H8N2O. The number of rotatable bonds is 1. The maximum Gasteiger partial charge on any atom is 0.247 e. The fourth-order valence-electron chi connectivity index (χ4n) is 1.32. The lowest BCUT2D eigenvalue weighted by Crippen LogP contribution is -1.88. The first-order valence-corrected chi connectivity index (χ1v) is 4.16. The van der Waals surface area contributed by atoms with E-state index in [1.54, 1.807) is 6.07 Å². The largest absolute Gasteiger partial charge is 0.490 e. The van der Waals surface area contributed by atoms with Gasteiger partial charge in [-0.3, -0.25) is 0 Å². The molecule has 3 heteroatoms. The maximum absolute atomic E-state index is 6.97. The lowest BCUT2D eigenvalue weighted by atomic mass is 10.2. The number of hydrogen-bond acceptors (Lipinski definition) is 2. The molecule has 1 aromatic heterocycles. The smallest absolute Gasteiger partial charge is 0.247 e. The van der Waals surface area contributed by atoms with Gasteiger partial charge in [-0.25, -0.2) is 9.83 Å². The van der Waals surface area contributed by atoms with Crippen molar-refractivity contribution in [2.45, 2.75) is 0 Å². The SMILES string of the molecule is [C-]#[N+]c1cc2ccccc2nc1OC. The molecule has 0 N–H and O–H groups in total. The first-order chi connectivity index (χ1) is 6.85. The molecule has 0 atom stereocenters. The lowest BCUT2D eigenvalue weighted by Gasteiger charge is -2.03. The molecule has 68 valence electrons. The predicted molar refractivity (Wildman–Crippen MR) is 54.6 cm³/mol. The van der Waals surface area contributed by atoms with E-state index in [1.165, 1.54) is 7.11 Å². The fourth-order valence-corrected chi connectivity index (χ4v) is 1.32. The highest BCUT2D eigenvalue weighted by atomic mass is 16.5. The number of benzene rings is 1. The summed E-state index contributed by atoms with van der Waals surface area (Å²) in [5, 5.41) is 0.958. The standard InChI is InChI=1S/C11H8N2O/c1-12-10-7-8-5-3-4-6-9(8)13-11(10)14-2/h3-7H,2H3. The van der Waals surface area contributed by atoms with Crippen LogP contribution >= 0.6 is 0 Å². The van der Waals surface area contributed by atoms with Gasteiger partial charge in [-0.05, 0) is 17.5 Å². The molecular weight excluding hydrogens is 176 g/mol. The van der Waals surface area contributed by atoms with Crippen molar-refractivity contribution in [1.82, 2.24) is 4.98 Å². The second-order valence-electron chi connectivity index (χ2n) is 2.82. The van der Waals surface area contributed by atoms with Gasteiger partial charge in [-0.15, -0.1) is 0 Å². The van der Waals surface area contributed by atoms with Gasteiger partial charge in [0.25, 0.3) is 0 Å². The molecule has 0 fully saturated rings. The van der Waals surface area contributed by atoms with Crippen LogP contribution in [0.25, 0.3) is 15.7 Å². The van der Waals surface area contributed by atoms with E-state index in [1.807, 2.05) is 24.3 Å². The van der Waals surface area contributed by atoms with E-state index in [-0.39, 0.29) is 0 Å². The molecule has 3 nitrogen and oxygen atoms in total. The molecule has 0 saturated heterocycles. The molecule has 0 aliphatic heterocycles. The first kappa shape index (κ1) is 8.52.